The highest BCUT2D eigenvalue weighted by Crippen LogP contribution is 2.31. The predicted octanol–water partition coefficient (Wildman–Crippen LogP) is 7.17. The van der Waals surface area contributed by atoms with Crippen molar-refractivity contribution in [3.63, 3.8) is 0 Å². The number of aliphatic carboxylic acids is 1. The van der Waals surface area contributed by atoms with Crippen molar-refractivity contribution < 1.29 is 23.1 Å². The molecule has 0 atom stereocenters. The lowest BCUT2D eigenvalue weighted by molar-refractivity contribution is -0.144. The maximum atomic E-state index is 11.2. The van der Waals surface area contributed by atoms with E-state index >= 15 is 0 Å². The second-order valence-corrected chi connectivity index (χ2v) is 8.44. The van der Waals surface area contributed by atoms with E-state index in [0.717, 1.165) is 5.57 Å². The summed E-state index contributed by atoms with van der Waals surface area (Å²) >= 11 is 0.592. The van der Waals surface area contributed by atoms with Crippen molar-refractivity contribution in [2.45, 2.75) is 41.5 Å². The molecule has 0 radical (unpaired) electrons. The number of hydrogen-bond donors (Lipinski definition) is 1. The van der Waals surface area contributed by atoms with Gasteiger partial charge in [0, 0.05) is 12.3 Å². The van der Waals surface area contributed by atoms with Crippen molar-refractivity contribution in [2.75, 3.05) is 0 Å². The Labute approximate surface area is 196 Å². The van der Waals surface area contributed by atoms with E-state index in [1.165, 1.54) is 12.5 Å². The molecule has 32 heavy (non-hydrogen) atoms. The molecule has 0 aliphatic heterocycles. The highest BCUT2D eigenvalue weighted by atomic mass is 32.2. The molecule has 6 heteroatoms. The molecule has 1 aromatic rings. The van der Waals surface area contributed by atoms with Crippen LogP contribution in [0.25, 0.3) is 6.08 Å². The molecule has 0 saturated carbocycles. The molecule has 1 N–H and O–H groups in total. The van der Waals surface area contributed by atoms with Crippen LogP contribution in [0.15, 0.2) is 85.2 Å². The standard InChI is InChI=1S/C18H26O5S.C8H8/c1-8-15(23-24-22-14(3)19)10-9-13(2)17(4,5)11-12-18(6,7)16(20)21;1-2-8-6-4-3-5-7-8/h8-12H,2H2,1,3-7H3,(H,20,21);2-7H,1H2/b10-9-,12-11+,15-8+;. The lowest BCUT2D eigenvalue weighted by Gasteiger charge is -2.23. The average Bonchev–Trinajstić information content (AvgIpc) is 2.75. The summed E-state index contributed by atoms with van der Waals surface area (Å²) in [6, 6.07) is 10.0. The van der Waals surface area contributed by atoms with Gasteiger partial charge in [-0.1, -0.05) is 81.6 Å². The molecule has 174 valence electrons. The van der Waals surface area contributed by atoms with Crippen LogP contribution < -0.4 is 0 Å². The fraction of sp³-hybridized carbons (Fsp3) is 0.308. The van der Waals surface area contributed by atoms with Gasteiger partial charge >= 0.3 is 11.9 Å². The number of benzene rings is 1. The second-order valence-electron chi connectivity index (χ2n) is 7.97. The maximum Gasteiger partial charge on any atom is 0.317 e. The van der Waals surface area contributed by atoms with Gasteiger partial charge in [0.25, 0.3) is 12.3 Å². The Balaban J connectivity index is 0.000000995. The number of carboxylic acids is 1. The fourth-order valence-electron chi connectivity index (χ4n) is 1.86. The minimum absolute atomic E-state index is 0.425. The van der Waals surface area contributed by atoms with Crippen LogP contribution >= 0.6 is 12.3 Å². The maximum absolute atomic E-state index is 11.2. The topological polar surface area (TPSA) is 72.8 Å². The van der Waals surface area contributed by atoms with Crippen molar-refractivity contribution in [1.29, 1.82) is 0 Å². The minimum atomic E-state index is -0.945. The number of carbonyl (C=O) groups is 2. The first-order valence-electron chi connectivity index (χ1n) is 10.0. The van der Waals surface area contributed by atoms with E-state index < -0.39 is 22.8 Å². The quantitative estimate of drug-likeness (QED) is 0.173. The van der Waals surface area contributed by atoms with Gasteiger partial charge < -0.3 is 13.5 Å². The van der Waals surface area contributed by atoms with E-state index in [1.54, 1.807) is 45.1 Å². The molecule has 0 aliphatic carbocycles. The van der Waals surface area contributed by atoms with Gasteiger partial charge in [0.15, 0.2) is 0 Å². The lowest BCUT2D eigenvalue weighted by atomic mass is 9.81. The van der Waals surface area contributed by atoms with E-state index in [0.29, 0.717) is 18.1 Å². The molecule has 0 unspecified atom stereocenters. The third-order valence-corrected chi connectivity index (χ3v) is 4.91. The number of carbonyl (C=O) groups excluding carboxylic acids is 1. The zero-order valence-corrected chi connectivity index (χ0v) is 20.6. The molecular formula is C26H34O5S. The van der Waals surface area contributed by atoms with Gasteiger partial charge in [-0.15, -0.1) is 0 Å². The van der Waals surface area contributed by atoms with Gasteiger partial charge in [-0.3, -0.25) is 9.59 Å². The van der Waals surface area contributed by atoms with Crippen molar-refractivity contribution in [2.24, 2.45) is 10.8 Å². The summed E-state index contributed by atoms with van der Waals surface area (Å²) < 4.78 is 9.86. The highest BCUT2D eigenvalue weighted by molar-refractivity contribution is 7.90. The van der Waals surface area contributed by atoms with Crippen LogP contribution in [0.2, 0.25) is 0 Å². The molecule has 1 rings (SSSR count). The molecule has 0 aromatic heterocycles. The largest absolute Gasteiger partial charge is 0.481 e. The fourth-order valence-corrected chi connectivity index (χ4v) is 2.22. The van der Waals surface area contributed by atoms with Crippen molar-refractivity contribution in [1.82, 2.24) is 0 Å². The molecular weight excluding hydrogens is 424 g/mol. The zero-order valence-electron chi connectivity index (χ0n) is 19.8. The molecule has 5 nitrogen and oxygen atoms in total. The van der Waals surface area contributed by atoms with E-state index in [2.05, 4.69) is 17.3 Å². The summed E-state index contributed by atoms with van der Waals surface area (Å²) in [6.45, 7) is 17.9. The van der Waals surface area contributed by atoms with Gasteiger partial charge in [-0.2, -0.15) is 0 Å². The van der Waals surface area contributed by atoms with Crippen LogP contribution in [0.5, 0.6) is 0 Å². The van der Waals surface area contributed by atoms with Crippen LogP contribution in [-0.4, -0.2) is 17.0 Å². The van der Waals surface area contributed by atoms with Crippen molar-refractivity contribution >= 4 is 30.3 Å². The molecule has 0 spiro atoms. The zero-order chi connectivity index (χ0) is 24.8. The average molecular weight is 459 g/mol. The van der Waals surface area contributed by atoms with Gasteiger partial charge in [0.05, 0.1) is 5.41 Å². The Morgan fingerprint density at radius 1 is 1.00 bits per heavy atom. The third-order valence-electron chi connectivity index (χ3n) is 4.35. The number of carboxylic acid groups (broad SMARTS) is 1. The lowest BCUT2D eigenvalue weighted by Crippen LogP contribution is -2.22. The summed E-state index contributed by atoms with van der Waals surface area (Å²) in [5.41, 5.74) is 0.581. The highest BCUT2D eigenvalue weighted by Gasteiger charge is 2.25. The summed E-state index contributed by atoms with van der Waals surface area (Å²) in [5, 5.41) is 9.16. The number of allylic oxidation sites excluding steroid dienone is 5. The van der Waals surface area contributed by atoms with Crippen LogP contribution in [-0.2, 0) is 18.0 Å². The Bertz CT molecular complexity index is 861. The molecule has 0 saturated heterocycles. The Kier molecular flexibility index (Phi) is 12.8. The summed E-state index contributed by atoms with van der Waals surface area (Å²) in [4.78, 5) is 21.8. The summed E-state index contributed by atoms with van der Waals surface area (Å²) in [6.07, 6.45) is 10.5. The Morgan fingerprint density at radius 3 is 2.00 bits per heavy atom. The van der Waals surface area contributed by atoms with E-state index in [-0.39, 0.29) is 0 Å². The number of hydrogen-bond acceptors (Lipinski definition) is 5. The summed E-state index contributed by atoms with van der Waals surface area (Å²) in [7, 11) is 0. The first-order chi connectivity index (χ1) is 14.9. The monoisotopic (exact) mass is 458 g/mol. The Morgan fingerprint density at radius 2 is 1.56 bits per heavy atom. The van der Waals surface area contributed by atoms with Gasteiger partial charge in [0.1, 0.15) is 5.76 Å². The van der Waals surface area contributed by atoms with Crippen molar-refractivity contribution in [3.05, 3.63) is 90.8 Å². The molecule has 0 heterocycles. The summed E-state index contributed by atoms with van der Waals surface area (Å²) in [5.74, 6) is -0.827. The van der Waals surface area contributed by atoms with Crippen LogP contribution in [0.1, 0.15) is 47.1 Å². The SMILES string of the molecule is C=C(/C=C\C(=C/C)OSOC(C)=O)C(C)(C)/C=C/C(C)(C)C(=O)O.C=Cc1ccccc1. The van der Waals surface area contributed by atoms with Gasteiger partial charge in [-0.05, 0) is 44.1 Å². The molecule has 0 bridgehead atoms. The van der Waals surface area contributed by atoms with Gasteiger partial charge in [-0.25, -0.2) is 0 Å². The molecule has 0 fully saturated rings. The van der Waals surface area contributed by atoms with Crippen LogP contribution in [0, 0.1) is 10.8 Å². The van der Waals surface area contributed by atoms with Crippen LogP contribution in [0.4, 0.5) is 0 Å². The number of rotatable bonds is 10. The van der Waals surface area contributed by atoms with Crippen LogP contribution in [0.3, 0.4) is 0 Å². The normalized spacial score (nSPS) is 12.1. The minimum Gasteiger partial charge on any atom is -0.481 e. The van der Waals surface area contributed by atoms with E-state index in [1.807, 2.05) is 56.3 Å². The van der Waals surface area contributed by atoms with E-state index in [9.17, 15) is 9.59 Å². The Hall–Kier alpha value is -2.99. The first-order valence-corrected chi connectivity index (χ1v) is 10.7. The van der Waals surface area contributed by atoms with Gasteiger partial charge in [0.2, 0.25) is 0 Å². The first kappa shape index (κ1) is 29.0. The smallest absolute Gasteiger partial charge is 0.317 e. The van der Waals surface area contributed by atoms with Crippen molar-refractivity contribution in [3.8, 4) is 0 Å². The third kappa shape index (κ3) is 12.0. The van der Waals surface area contributed by atoms with E-state index in [4.69, 9.17) is 9.29 Å². The molecule has 0 amide bonds. The molecule has 1 aromatic carbocycles. The molecule has 0 aliphatic rings. The predicted molar refractivity (Wildman–Crippen MR) is 133 cm³/mol. The second kappa shape index (κ2) is 14.1.